The largest absolute Gasteiger partial charge is 0.350 e. The van der Waals surface area contributed by atoms with E-state index in [9.17, 15) is 4.79 Å². The third-order valence-corrected chi connectivity index (χ3v) is 4.09. The molecule has 2 aromatic carbocycles. The van der Waals surface area contributed by atoms with Gasteiger partial charge in [0.2, 0.25) is 0 Å². The molecule has 0 atom stereocenters. The van der Waals surface area contributed by atoms with Gasteiger partial charge in [0.05, 0.1) is 22.9 Å². The lowest BCUT2D eigenvalue weighted by atomic mass is 10.1. The van der Waals surface area contributed by atoms with Crippen molar-refractivity contribution in [2.24, 2.45) is 0 Å². The number of benzene rings is 2. The molecule has 6 nitrogen and oxygen atoms in total. The first-order valence-electron chi connectivity index (χ1n) is 8.38. The predicted molar refractivity (Wildman–Crippen MR) is 99.1 cm³/mol. The number of nitrogens with zero attached hydrogens (tertiary/aromatic N) is 4. The van der Waals surface area contributed by atoms with E-state index in [1.807, 2.05) is 65.5 Å². The Morgan fingerprint density at radius 3 is 2.58 bits per heavy atom. The average molecular weight is 343 g/mol. The lowest BCUT2D eigenvalue weighted by molar-refractivity contribution is 0.0949. The van der Waals surface area contributed by atoms with Crippen molar-refractivity contribution in [3.8, 4) is 5.69 Å². The van der Waals surface area contributed by atoms with Crippen LogP contribution in [0.5, 0.6) is 0 Å². The van der Waals surface area contributed by atoms with E-state index < -0.39 is 0 Å². The summed E-state index contributed by atoms with van der Waals surface area (Å²) in [5.74, 6) is -0.212. The van der Waals surface area contributed by atoms with Crippen LogP contribution in [0.3, 0.4) is 0 Å². The fraction of sp³-hybridized carbons (Fsp3) is 0.100. The number of nitrogens with one attached hydrogen (secondary N) is 1. The van der Waals surface area contributed by atoms with Crippen molar-refractivity contribution in [1.82, 2.24) is 25.1 Å². The van der Waals surface area contributed by atoms with E-state index in [0.717, 1.165) is 28.7 Å². The van der Waals surface area contributed by atoms with Gasteiger partial charge in [-0.25, -0.2) is 9.67 Å². The maximum absolute atomic E-state index is 12.3. The highest BCUT2D eigenvalue weighted by molar-refractivity contribution is 5.93. The van der Waals surface area contributed by atoms with E-state index in [4.69, 9.17) is 0 Å². The molecule has 1 amide bonds. The molecule has 0 fully saturated rings. The fourth-order valence-electron chi connectivity index (χ4n) is 2.71. The summed E-state index contributed by atoms with van der Waals surface area (Å²) in [6.45, 7) is 0.536. The standard InChI is InChI=1S/C20H17N5O/c26-20(19-14-22-17-4-1-2-5-18(17)24-19)21-12-10-15-6-8-16(9-7-15)25-13-3-11-23-25/h1-9,11,13-14H,10,12H2,(H,21,26). The normalized spacial score (nSPS) is 10.8. The highest BCUT2D eigenvalue weighted by atomic mass is 16.1. The number of amides is 1. The van der Waals surface area contributed by atoms with Crippen LogP contribution in [0.15, 0.2) is 73.2 Å². The molecule has 6 heteroatoms. The van der Waals surface area contributed by atoms with Gasteiger partial charge in [0, 0.05) is 18.9 Å². The van der Waals surface area contributed by atoms with Crippen LogP contribution < -0.4 is 5.32 Å². The molecule has 4 rings (SSSR count). The minimum atomic E-state index is -0.212. The van der Waals surface area contributed by atoms with Crippen LogP contribution in [-0.2, 0) is 6.42 Å². The smallest absolute Gasteiger partial charge is 0.271 e. The first kappa shape index (κ1) is 16.0. The summed E-state index contributed by atoms with van der Waals surface area (Å²) < 4.78 is 1.81. The molecule has 0 bridgehead atoms. The van der Waals surface area contributed by atoms with Gasteiger partial charge < -0.3 is 5.32 Å². The molecule has 1 N–H and O–H groups in total. The number of fused-ring (bicyclic) bond motifs is 1. The lowest BCUT2D eigenvalue weighted by Gasteiger charge is -2.07. The first-order valence-corrected chi connectivity index (χ1v) is 8.38. The van der Waals surface area contributed by atoms with Crippen molar-refractivity contribution in [3.63, 3.8) is 0 Å². The second-order valence-corrected chi connectivity index (χ2v) is 5.87. The van der Waals surface area contributed by atoms with E-state index in [0.29, 0.717) is 12.2 Å². The summed E-state index contributed by atoms with van der Waals surface area (Å²) in [5, 5.41) is 7.10. The zero-order chi connectivity index (χ0) is 17.8. The third kappa shape index (κ3) is 3.44. The summed E-state index contributed by atoms with van der Waals surface area (Å²) in [4.78, 5) is 20.9. The summed E-state index contributed by atoms with van der Waals surface area (Å²) in [6.07, 6.45) is 5.90. The van der Waals surface area contributed by atoms with E-state index in [1.165, 1.54) is 6.20 Å². The minimum absolute atomic E-state index is 0.212. The lowest BCUT2D eigenvalue weighted by Crippen LogP contribution is -2.26. The Morgan fingerprint density at radius 1 is 1.00 bits per heavy atom. The number of para-hydroxylation sites is 2. The van der Waals surface area contributed by atoms with Crippen LogP contribution in [-0.4, -0.2) is 32.2 Å². The summed E-state index contributed by atoms with van der Waals surface area (Å²) >= 11 is 0. The van der Waals surface area contributed by atoms with E-state index in [-0.39, 0.29) is 5.91 Å². The number of hydrogen-bond donors (Lipinski definition) is 1. The number of carbonyl (C=O) groups is 1. The second-order valence-electron chi connectivity index (χ2n) is 5.87. The number of hydrogen-bond acceptors (Lipinski definition) is 4. The van der Waals surface area contributed by atoms with Crippen molar-refractivity contribution in [2.45, 2.75) is 6.42 Å². The summed E-state index contributed by atoms with van der Waals surface area (Å²) in [5.41, 5.74) is 3.98. The molecule has 0 saturated carbocycles. The van der Waals surface area contributed by atoms with Gasteiger partial charge >= 0.3 is 0 Å². The van der Waals surface area contributed by atoms with Crippen LogP contribution >= 0.6 is 0 Å². The van der Waals surface area contributed by atoms with Crippen molar-refractivity contribution < 1.29 is 4.79 Å². The van der Waals surface area contributed by atoms with Gasteiger partial charge in [-0.15, -0.1) is 0 Å². The number of aromatic nitrogens is 4. The molecule has 0 saturated heterocycles. The Morgan fingerprint density at radius 2 is 1.81 bits per heavy atom. The summed E-state index contributed by atoms with van der Waals surface area (Å²) in [6, 6.07) is 17.5. The molecule has 26 heavy (non-hydrogen) atoms. The molecule has 0 radical (unpaired) electrons. The van der Waals surface area contributed by atoms with Crippen molar-refractivity contribution >= 4 is 16.9 Å². The van der Waals surface area contributed by atoms with Crippen LogP contribution in [0.1, 0.15) is 16.1 Å². The zero-order valence-electron chi connectivity index (χ0n) is 14.0. The maximum atomic E-state index is 12.3. The Hall–Kier alpha value is -3.54. The second kappa shape index (κ2) is 7.14. The summed E-state index contributed by atoms with van der Waals surface area (Å²) in [7, 11) is 0. The van der Waals surface area contributed by atoms with Gasteiger partial charge in [-0.2, -0.15) is 5.10 Å². The van der Waals surface area contributed by atoms with Crippen molar-refractivity contribution in [1.29, 1.82) is 0 Å². The monoisotopic (exact) mass is 343 g/mol. The molecule has 0 aliphatic rings. The molecule has 128 valence electrons. The Labute approximate surface area is 150 Å². The topological polar surface area (TPSA) is 72.7 Å². The van der Waals surface area contributed by atoms with Gasteiger partial charge in [0.1, 0.15) is 5.69 Å². The average Bonchev–Trinajstić information content (AvgIpc) is 3.23. The predicted octanol–water partition coefficient (Wildman–Crippen LogP) is 2.79. The number of rotatable bonds is 5. The zero-order valence-corrected chi connectivity index (χ0v) is 14.0. The van der Waals surface area contributed by atoms with E-state index in [2.05, 4.69) is 20.4 Å². The van der Waals surface area contributed by atoms with E-state index >= 15 is 0 Å². The SMILES string of the molecule is O=C(NCCc1ccc(-n2cccn2)cc1)c1cnc2ccccc2n1. The molecule has 2 aromatic heterocycles. The Balaban J connectivity index is 1.35. The van der Waals surface area contributed by atoms with Crippen molar-refractivity contribution in [2.75, 3.05) is 6.54 Å². The van der Waals surface area contributed by atoms with Crippen molar-refractivity contribution in [3.05, 3.63) is 84.4 Å². The molecule has 0 unspecified atom stereocenters. The van der Waals surface area contributed by atoms with Crippen LogP contribution in [0.4, 0.5) is 0 Å². The Bertz CT molecular complexity index is 1030. The number of carbonyl (C=O) groups excluding carboxylic acids is 1. The van der Waals surface area contributed by atoms with Crippen LogP contribution in [0.2, 0.25) is 0 Å². The van der Waals surface area contributed by atoms with Crippen LogP contribution in [0, 0.1) is 0 Å². The van der Waals surface area contributed by atoms with Gasteiger partial charge in [-0.1, -0.05) is 24.3 Å². The van der Waals surface area contributed by atoms with Crippen LogP contribution in [0.25, 0.3) is 16.7 Å². The first-order chi connectivity index (χ1) is 12.8. The van der Waals surface area contributed by atoms with Gasteiger partial charge in [0.15, 0.2) is 0 Å². The highest BCUT2D eigenvalue weighted by Crippen LogP contribution is 2.10. The molecule has 2 heterocycles. The van der Waals surface area contributed by atoms with Gasteiger partial charge in [-0.05, 0) is 42.3 Å². The van der Waals surface area contributed by atoms with Gasteiger partial charge in [0.25, 0.3) is 5.91 Å². The molecule has 0 aliphatic heterocycles. The molecule has 4 aromatic rings. The molecule has 0 spiro atoms. The fourth-order valence-corrected chi connectivity index (χ4v) is 2.71. The van der Waals surface area contributed by atoms with E-state index in [1.54, 1.807) is 6.20 Å². The Kier molecular flexibility index (Phi) is 4.38. The molecular weight excluding hydrogens is 326 g/mol. The maximum Gasteiger partial charge on any atom is 0.271 e. The minimum Gasteiger partial charge on any atom is -0.350 e. The molecular formula is C20H17N5O. The van der Waals surface area contributed by atoms with Gasteiger partial charge in [-0.3, -0.25) is 9.78 Å². The highest BCUT2D eigenvalue weighted by Gasteiger charge is 2.08. The quantitative estimate of drug-likeness (QED) is 0.605. The third-order valence-electron chi connectivity index (χ3n) is 4.09. The molecule has 0 aliphatic carbocycles.